The van der Waals surface area contributed by atoms with Gasteiger partial charge in [-0.2, -0.15) is 0 Å². The Bertz CT molecular complexity index is 1150. The van der Waals surface area contributed by atoms with Gasteiger partial charge in [0.1, 0.15) is 5.82 Å². The lowest BCUT2D eigenvalue weighted by molar-refractivity contribution is 0.419. The second-order valence-electron chi connectivity index (χ2n) is 7.65. The number of nitrogens with one attached hydrogen (secondary N) is 1. The standard InChI is InChI=1S/C21H21F2N5OS/c22-16-8-15-19-21(18(16)23)30-7-6-28(19)11-13(20(15)29)9-26-14-2-1-5-27(12-14)17-10-24-3-4-25-17/h3-4,8,10-11,14,26H,1-2,5-7,9,12H2/t14-/m0/s1. The Morgan fingerprint density at radius 3 is 3.00 bits per heavy atom. The largest absolute Gasteiger partial charge is 0.354 e. The quantitative estimate of drug-likeness (QED) is 0.688. The molecule has 1 N–H and O–H groups in total. The van der Waals surface area contributed by atoms with Gasteiger partial charge in [-0.05, 0) is 18.9 Å². The molecule has 30 heavy (non-hydrogen) atoms. The van der Waals surface area contributed by atoms with E-state index in [1.807, 2.05) is 4.57 Å². The van der Waals surface area contributed by atoms with Gasteiger partial charge in [0, 0.05) is 62.1 Å². The van der Waals surface area contributed by atoms with Crippen molar-refractivity contribution in [1.29, 1.82) is 0 Å². The minimum Gasteiger partial charge on any atom is -0.354 e. The van der Waals surface area contributed by atoms with E-state index in [4.69, 9.17) is 0 Å². The van der Waals surface area contributed by atoms with Gasteiger partial charge in [0.15, 0.2) is 17.1 Å². The molecule has 1 fully saturated rings. The summed E-state index contributed by atoms with van der Waals surface area (Å²) in [5.41, 5.74) is 0.839. The summed E-state index contributed by atoms with van der Waals surface area (Å²) < 4.78 is 30.2. The van der Waals surface area contributed by atoms with Crippen molar-refractivity contribution in [2.45, 2.75) is 36.9 Å². The fraction of sp³-hybridized carbons (Fsp3) is 0.381. The summed E-state index contributed by atoms with van der Waals surface area (Å²) in [4.78, 5) is 23.9. The molecule has 4 heterocycles. The summed E-state index contributed by atoms with van der Waals surface area (Å²) in [7, 11) is 0. The number of aromatic nitrogens is 3. The highest BCUT2D eigenvalue weighted by atomic mass is 32.2. The number of aryl methyl sites for hydroxylation is 1. The van der Waals surface area contributed by atoms with Crippen LogP contribution in [0, 0.1) is 11.6 Å². The first-order valence-electron chi connectivity index (χ1n) is 10.0. The van der Waals surface area contributed by atoms with Crippen LogP contribution in [0.4, 0.5) is 14.6 Å². The molecular formula is C21H21F2N5OS. The Kier molecular flexibility index (Phi) is 5.16. The van der Waals surface area contributed by atoms with Crippen molar-refractivity contribution >= 4 is 28.5 Å². The molecule has 0 amide bonds. The normalized spacial score (nSPS) is 18.7. The van der Waals surface area contributed by atoms with E-state index < -0.39 is 11.6 Å². The molecule has 0 unspecified atom stereocenters. The molecule has 1 aromatic carbocycles. The maximum absolute atomic E-state index is 14.2. The van der Waals surface area contributed by atoms with Gasteiger partial charge in [-0.25, -0.2) is 13.8 Å². The second kappa shape index (κ2) is 7.96. The Hall–Kier alpha value is -2.52. The van der Waals surface area contributed by atoms with Gasteiger partial charge >= 0.3 is 0 Å². The number of halogens is 2. The van der Waals surface area contributed by atoms with E-state index in [-0.39, 0.29) is 21.8 Å². The van der Waals surface area contributed by atoms with Crippen LogP contribution in [-0.2, 0) is 13.1 Å². The number of thioether (sulfide) groups is 1. The highest BCUT2D eigenvalue weighted by Gasteiger charge is 2.24. The lowest BCUT2D eigenvalue weighted by atomic mass is 10.0. The Morgan fingerprint density at radius 2 is 2.17 bits per heavy atom. The molecule has 6 nitrogen and oxygen atoms in total. The van der Waals surface area contributed by atoms with Crippen molar-refractivity contribution < 1.29 is 8.78 Å². The number of anilines is 1. The minimum atomic E-state index is -0.965. The fourth-order valence-electron chi connectivity index (χ4n) is 4.28. The Morgan fingerprint density at radius 1 is 1.27 bits per heavy atom. The number of rotatable bonds is 4. The molecule has 9 heteroatoms. The van der Waals surface area contributed by atoms with E-state index in [0.29, 0.717) is 29.9 Å². The SMILES string of the molecule is O=c1c(CN[C@H]2CCCN(c3cnccn3)C2)cn2c3c(c(F)c(F)cc13)SCC2. The predicted octanol–water partition coefficient (Wildman–Crippen LogP) is 2.93. The molecule has 2 aliphatic rings. The van der Waals surface area contributed by atoms with Crippen LogP contribution in [0.1, 0.15) is 18.4 Å². The van der Waals surface area contributed by atoms with Crippen molar-refractivity contribution in [1.82, 2.24) is 19.9 Å². The summed E-state index contributed by atoms with van der Waals surface area (Å²) in [6.45, 7) is 2.75. The van der Waals surface area contributed by atoms with Gasteiger partial charge in [0.25, 0.3) is 0 Å². The Balaban J connectivity index is 1.39. The van der Waals surface area contributed by atoms with Crippen molar-refractivity contribution in [3.8, 4) is 0 Å². The van der Waals surface area contributed by atoms with Crippen molar-refractivity contribution in [2.24, 2.45) is 0 Å². The number of hydrogen-bond acceptors (Lipinski definition) is 6. The highest BCUT2D eigenvalue weighted by molar-refractivity contribution is 7.99. The summed E-state index contributed by atoms with van der Waals surface area (Å²) in [6.07, 6.45) is 8.90. The van der Waals surface area contributed by atoms with Crippen LogP contribution in [0.2, 0.25) is 0 Å². The number of pyridine rings is 1. The third kappa shape index (κ3) is 3.45. The number of benzene rings is 1. The molecule has 0 bridgehead atoms. The average molecular weight is 429 g/mol. The number of hydrogen-bond donors (Lipinski definition) is 1. The van der Waals surface area contributed by atoms with Crippen LogP contribution in [0.15, 0.2) is 40.5 Å². The summed E-state index contributed by atoms with van der Waals surface area (Å²) in [5, 5.41) is 3.73. The number of piperidine rings is 1. The van der Waals surface area contributed by atoms with E-state index in [1.54, 1.807) is 24.8 Å². The fourth-order valence-corrected chi connectivity index (χ4v) is 5.36. The van der Waals surface area contributed by atoms with Crippen molar-refractivity contribution in [3.05, 3.63) is 58.3 Å². The van der Waals surface area contributed by atoms with Crippen LogP contribution in [0.5, 0.6) is 0 Å². The summed E-state index contributed by atoms with van der Waals surface area (Å²) in [6, 6.07) is 1.24. The van der Waals surface area contributed by atoms with Crippen LogP contribution >= 0.6 is 11.8 Å². The molecule has 0 saturated carbocycles. The minimum absolute atomic E-state index is 0.202. The predicted molar refractivity (Wildman–Crippen MR) is 113 cm³/mol. The monoisotopic (exact) mass is 429 g/mol. The second-order valence-corrected chi connectivity index (χ2v) is 8.76. The molecule has 2 aromatic heterocycles. The lowest BCUT2D eigenvalue weighted by Crippen LogP contribution is -2.46. The van der Waals surface area contributed by atoms with Gasteiger partial charge in [-0.15, -0.1) is 11.8 Å². The number of nitrogens with zero attached hydrogens (tertiary/aromatic N) is 4. The first-order chi connectivity index (χ1) is 14.6. The molecule has 5 rings (SSSR count). The zero-order chi connectivity index (χ0) is 20.7. The zero-order valence-electron chi connectivity index (χ0n) is 16.3. The maximum Gasteiger partial charge on any atom is 0.194 e. The molecule has 1 atom stereocenters. The van der Waals surface area contributed by atoms with Gasteiger partial charge in [-0.1, -0.05) is 0 Å². The van der Waals surface area contributed by atoms with Crippen molar-refractivity contribution in [3.63, 3.8) is 0 Å². The van der Waals surface area contributed by atoms with Gasteiger partial charge in [0.2, 0.25) is 0 Å². The molecule has 0 aliphatic carbocycles. The third-order valence-electron chi connectivity index (χ3n) is 5.74. The van der Waals surface area contributed by atoms with Crippen LogP contribution in [-0.4, -0.2) is 39.4 Å². The van der Waals surface area contributed by atoms with E-state index in [9.17, 15) is 13.6 Å². The van der Waals surface area contributed by atoms with E-state index in [2.05, 4.69) is 20.2 Å². The maximum atomic E-state index is 14.2. The van der Waals surface area contributed by atoms with E-state index in [1.165, 1.54) is 11.8 Å². The van der Waals surface area contributed by atoms with Crippen LogP contribution in [0.25, 0.3) is 10.9 Å². The first kappa shape index (κ1) is 19.4. The summed E-state index contributed by atoms with van der Waals surface area (Å²) in [5.74, 6) is -0.333. The van der Waals surface area contributed by atoms with Crippen LogP contribution < -0.4 is 15.6 Å². The van der Waals surface area contributed by atoms with E-state index >= 15 is 0 Å². The third-order valence-corrected chi connectivity index (χ3v) is 6.79. The summed E-state index contributed by atoms with van der Waals surface area (Å²) >= 11 is 1.26. The molecule has 0 radical (unpaired) electrons. The zero-order valence-corrected chi connectivity index (χ0v) is 17.1. The molecular weight excluding hydrogens is 408 g/mol. The van der Waals surface area contributed by atoms with Gasteiger partial charge in [0.05, 0.1) is 22.0 Å². The van der Waals surface area contributed by atoms with Crippen LogP contribution in [0.3, 0.4) is 0 Å². The Labute approximate surface area is 176 Å². The lowest BCUT2D eigenvalue weighted by Gasteiger charge is -2.34. The molecule has 0 spiro atoms. The smallest absolute Gasteiger partial charge is 0.194 e. The molecule has 3 aromatic rings. The topological polar surface area (TPSA) is 63.1 Å². The average Bonchev–Trinajstić information content (AvgIpc) is 2.79. The van der Waals surface area contributed by atoms with Gasteiger partial charge in [-0.3, -0.25) is 9.78 Å². The molecule has 156 valence electrons. The van der Waals surface area contributed by atoms with Crippen molar-refractivity contribution in [2.75, 3.05) is 23.7 Å². The first-order valence-corrected chi connectivity index (χ1v) is 11.0. The van der Waals surface area contributed by atoms with E-state index in [0.717, 1.165) is 37.8 Å². The highest BCUT2D eigenvalue weighted by Crippen LogP contribution is 2.35. The van der Waals surface area contributed by atoms with Gasteiger partial charge < -0.3 is 14.8 Å². The molecule has 2 aliphatic heterocycles. The molecule has 1 saturated heterocycles.